The Bertz CT molecular complexity index is 952. The quantitative estimate of drug-likeness (QED) is 0.723. The van der Waals surface area contributed by atoms with E-state index in [0.29, 0.717) is 22.5 Å². The highest BCUT2D eigenvalue weighted by molar-refractivity contribution is 5.67. The lowest BCUT2D eigenvalue weighted by molar-refractivity contribution is 0.881. The second kappa shape index (κ2) is 4.99. The zero-order chi connectivity index (χ0) is 14.8. The minimum Gasteiger partial charge on any atom is -0.338 e. The van der Waals surface area contributed by atoms with Crippen LogP contribution < -0.4 is 5.56 Å². The molecule has 100 valence electrons. The van der Waals surface area contributed by atoms with Gasteiger partial charge in [0.2, 0.25) is 0 Å². The summed E-state index contributed by atoms with van der Waals surface area (Å²) >= 11 is 0. The highest BCUT2D eigenvalue weighted by atomic mass is 16.1. The molecule has 0 aliphatic carbocycles. The molecular formula is C16H10N4O. The van der Waals surface area contributed by atoms with Gasteiger partial charge in [-0.05, 0) is 5.56 Å². The zero-order valence-electron chi connectivity index (χ0n) is 11.0. The Kier molecular flexibility index (Phi) is 3.02. The third kappa shape index (κ3) is 1.98. The lowest BCUT2D eigenvalue weighted by atomic mass is 10.0. The zero-order valence-corrected chi connectivity index (χ0v) is 11.0. The predicted molar refractivity (Wildman–Crippen MR) is 78.5 cm³/mol. The highest BCUT2D eigenvalue weighted by Gasteiger charge is 2.15. The van der Waals surface area contributed by atoms with Crippen LogP contribution in [0.3, 0.4) is 0 Å². The van der Waals surface area contributed by atoms with Gasteiger partial charge in [-0.25, -0.2) is 0 Å². The number of rotatable bonds is 2. The Morgan fingerprint density at radius 3 is 2.76 bits per heavy atom. The first-order chi connectivity index (χ1) is 10.3. The van der Waals surface area contributed by atoms with Crippen LogP contribution in [0.1, 0.15) is 11.1 Å². The third-order valence-corrected chi connectivity index (χ3v) is 3.23. The topological polar surface area (TPSA) is 73.9 Å². The summed E-state index contributed by atoms with van der Waals surface area (Å²) < 4.78 is 1.18. The molecule has 0 aliphatic rings. The average molecular weight is 274 g/mol. The number of nitriles is 1. The Balaban J connectivity index is 2.42. The van der Waals surface area contributed by atoms with Crippen molar-refractivity contribution in [2.75, 3.05) is 0 Å². The van der Waals surface area contributed by atoms with Gasteiger partial charge in [0.15, 0.2) is 5.65 Å². The molecule has 5 nitrogen and oxygen atoms in total. The van der Waals surface area contributed by atoms with E-state index in [1.807, 2.05) is 36.4 Å². The Labute approximate surface area is 120 Å². The van der Waals surface area contributed by atoms with E-state index in [0.717, 1.165) is 5.56 Å². The van der Waals surface area contributed by atoms with E-state index in [4.69, 9.17) is 11.7 Å². The number of nitrogens with one attached hydrogen (secondary N) is 1. The SMILES string of the molecule is C#CCc1c(-c2ccccc2)[nH]c2c(C#N)cnn2c1=O. The van der Waals surface area contributed by atoms with Crippen molar-refractivity contribution in [3.63, 3.8) is 0 Å². The molecule has 0 atom stereocenters. The average Bonchev–Trinajstić information content (AvgIpc) is 2.94. The summed E-state index contributed by atoms with van der Waals surface area (Å²) in [6.07, 6.45) is 6.92. The van der Waals surface area contributed by atoms with Crippen molar-refractivity contribution in [3.8, 4) is 29.7 Å². The van der Waals surface area contributed by atoms with Crippen molar-refractivity contribution in [1.82, 2.24) is 14.6 Å². The Morgan fingerprint density at radius 1 is 1.33 bits per heavy atom. The minimum atomic E-state index is -0.304. The van der Waals surface area contributed by atoms with Crippen LogP contribution in [0.5, 0.6) is 0 Å². The normalized spacial score (nSPS) is 10.2. The number of H-pyrrole nitrogens is 1. The fraction of sp³-hybridized carbons (Fsp3) is 0.0625. The van der Waals surface area contributed by atoms with Crippen LogP contribution in [0.4, 0.5) is 0 Å². The van der Waals surface area contributed by atoms with Crippen LogP contribution in [0.25, 0.3) is 16.9 Å². The molecule has 0 saturated heterocycles. The molecule has 0 radical (unpaired) electrons. The molecule has 0 bridgehead atoms. The summed E-state index contributed by atoms with van der Waals surface area (Å²) in [6.45, 7) is 0. The first-order valence-corrected chi connectivity index (χ1v) is 6.28. The number of hydrogen-bond donors (Lipinski definition) is 1. The monoisotopic (exact) mass is 274 g/mol. The second-order valence-electron chi connectivity index (χ2n) is 4.46. The number of hydrogen-bond acceptors (Lipinski definition) is 3. The maximum atomic E-state index is 12.5. The smallest absolute Gasteiger partial charge is 0.279 e. The van der Waals surface area contributed by atoms with Crippen molar-refractivity contribution in [2.24, 2.45) is 0 Å². The third-order valence-electron chi connectivity index (χ3n) is 3.23. The molecule has 0 saturated carbocycles. The molecular weight excluding hydrogens is 264 g/mol. The van der Waals surface area contributed by atoms with Gasteiger partial charge in [-0.3, -0.25) is 4.79 Å². The van der Waals surface area contributed by atoms with Crippen molar-refractivity contribution in [3.05, 3.63) is 58.0 Å². The molecule has 5 heteroatoms. The molecule has 1 N–H and O–H groups in total. The lowest BCUT2D eigenvalue weighted by Gasteiger charge is -2.08. The predicted octanol–water partition coefficient (Wildman–Crippen LogP) is 1.74. The molecule has 1 aromatic carbocycles. The molecule has 0 aliphatic heterocycles. The number of aromatic amines is 1. The Morgan fingerprint density at radius 2 is 2.10 bits per heavy atom. The van der Waals surface area contributed by atoms with Crippen LogP contribution in [-0.2, 0) is 6.42 Å². The molecule has 0 unspecified atom stereocenters. The first kappa shape index (κ1) is 12.7. The summed E-state index contributed by atoms with van der Waals surface area (Å²) in [6, 6.07) is 11.4. The van der Waals surface area contributed by atoms with E-state index in [9.17, 15) is 4.79 Å². The van der Waals surface area contributed by atoms with E-state index >= 15 is 0 Å². The van der Waals surface area contributed by atoms with Gasteiger partial charge in [0.1, 0.15) is 11.6 Å². The van der Waals surface area contributed by atoms with Crippen molar-refractivity contribution >= 4 is 5.65 Å². The maximum Gasteiger partial charge on any atom is 0.279 e. The van der Waals surface area contributed by atoms with Crippen LogP contribution in [0, 0.1) is 23.7 Å². The molecule has 0 amide bonds. The maximum absolute atomic E-state index is 12.5. The summed E-state index contributed by atoms with van der Waals surface area (Å²) in [7, 11) is 0. The number of nitrogens with zero attached hydrogens (tertiary/aromatic N) is 3. The van der Waals surface area contributed by atoms with Crippen LogP contribution in [0.2, 0.25) is 0 Å². The van der Waals surface area contributed by atoms with Gasteiger partial charge in [-0.2, -0.15) is 14.9 Å². The van der Waals surface area contributed by atoms with Gasteiger partial charge in [0.05, 0.1) is 17.5 Å². The number of benzene rings is 1. The minimum absolute atomic E-state index is 0.192. The number of fused-ring (bicyclic) bond motifs is 1. The van der Waals surface area contributed by atoms with Crippen molar-refractivity contribution < 1.29 is 0 Å². The summed E-state index contributed by atoms with van der Waals surface area (Å²) in [4.78, 5) is 15.6. The van der Waals surface area contributed by atoms with E-state index in [2.05, 4.69) is 16.0 Å². The van der Waals surface area contributed by atoms with E-state index in [1.165, 1.54) is 10.7 Å². The Hall–Kier alpha value is -3.31. The summed E-state index contributed by atoms with van der Waals surface area (Å²) in [5.74, 6) is 2.49. The standard InChI is InChI=1S/C16H10N4O/c1-2-6-13-14(11-7-4-3-5-8-11)19-15-12(9-17)10-18-20(15)16(13)21/h1,3-5,7-8,10,19H,6H2. The summed E-state index contributed by atoms with van der Waals surface area (Å²) in [5, 5.41) is 13.0. The number of terminal acetylenes is 1. The van der Waals surface area contributed by atoms with Gasteiger partial charge in [-0.1, -0.05) is 30.3 Å². The largest absolute Gasteiger partial charge is 0.338 e. The lowest BCUT2D eigenvalue weighted by Crippen LogP contribution is -2.21. The highest BCUT2D eigenvalue weighted by Crippen LogP contribution is 2.21. The van der Waals surface area contributed by atoms with E-state index in [-0.39, 0.29) is 12.0 Å². The van der Waals surface area contributed by atoms with Crippen molar-refractivity contribution in [2.45, 2.75) is 6.42 Å². The van der Waals surface area contributed by atoms with Crippen molar-refractivity contribution in [1.29, 1.82) is 5.26 Å². The van der Waals surface area contributed by atoms with Crippen LogP contribution in [0.15, 0.2) is 41.3 Å². The second-order valence-corrected chi connectivity index (χ2v) is 4.46. The number of aromatic nitrogens is 3. The molecule has 2 aromatic heterocycles. The van der Waals surface area contributed by atoms with Gasteiger partial charge in [0, 0.05) is 6.42 Å². The summed E-state index contributed by atoms with van der Waals surface area (Å²) in [5.41, 5.74) is 2.32. The van der Waals surface area contributed by atoms with Gasteiger partial charge >= 0.3 is 0 Å². The van der Waals surface area contributed by atoms with E-state index in [1.54, 1.807) is 0 Å². The molecule has 0 fully saturated rings. The molecule has 0 spiro atoms. The first-order valence-electron chi connectivity index (χ1n) is 6.28. The van der Waals surface area contributed by atoms with Crippen LogP contribution >= 0.6 is 0 Å². The van der Waals surface area contributed by atoms with Gasteiger partial charge < -0.3 is 4.98 Å². The fourth-order valence-corrected chi connectivity index (χ4v) is 2.25. The van der Waals surface area contributed by atoms with Crippen LogP contribution in [-0.4, -0.2) is 14.6 Å². The van der Waals surface area contributed by atoms with Gasteiger partial charge in [0.25, 0.3) is 5.56 Å². The fourth-order valence-electron chi connectivity index (χ4n) is 2.25. The molecule has 2 heterocycles. The molecule has 3 rings (SSSR count). The molecule has 21 heavy (non-hydrogen) atoms. The molecule has 3 aromatic rings. The van der Waals surface area contributed by atoms with Gasteiger partial charge in [-0.15, -0.1) is 12.3 Å². The van der Waals surface area contributed by atoms with E-state index < -0.39 is 0 Å².